The number of para-hydroxylation sites is 2. The number of aromatic nitrogens is 2. The second-order valence-corrected chi connectivity index (χ2v) is 15.6. The molecule has 2 heterocycles. The molecule has 57 heavy (non-hydrogen) atoms. The smallest absolute Gasteiger partial charge is 0.195 e. The van der Waals surface area contributed by atoms with Crippen LogP contribution >= 0.6 is 22.7 Å². The van der Waals surface area contributed by atoms with Crippen molar-refractivity contribution in [1.29, 1.82) is 0 Å². The summed E-state index contributed by atoms with van der Waals surface area (Å²) in [5, 5.41) is 1.84. The second-order valence-electron chi connectivity index (χ2n) is 13.6. The highest BCUT2D eigenvalue weighted by atomic mass is 32.1. The molecule has 0 aliphatic heterocycles. The van der Waals surface area contributed by atoms with E-state index in [0.29, 0.717) is 0 Å². The summed E-state index contributed by atoms with van der Waals surface area (Å²) >= 11 is 3.40. The number of aryl methyl sites for hydroxylation is 1. The van der Waals surface area contributed by atoms with Gasteiger partial charge in [-0.2, -0.15) is 0 Å². The lowest BCUT2D eigenvalue weighted by atomic mass is 10.0. The molecule has 0 N–H and O–H groups in total. The standard InChI is InChI=1S/C51H42N4S2/c1-5-7-17-36(3)38(6-2)34-48-37(4)52-50(56-48)54(43-20-13-9-14-21-43)45-29-24-40(25-30-45)41-26-31-46(32-27-41)55(44-22-15-10-16-23-44)51-53-47-33-28-42(35-49(47)57-51)39-18-11-8-12-19-39/h5,7-35H,1,3,6H2,2,4H3/b17-7-,38-34+. The number of anilines is 6. The van der Waals surface area contributed by atoms with Crippen LogP contribution in [-0.2, 0) is 0 Å². The molecule has 6 aromatic carbocycles. The van der Waals surface area contributed by atoms with Crippen LogP contribution in [0.4, 0.5) is 33.0 Å². The number of hydrogen-bond acceptors (Lipinski definition) is 6. The monoisotopic (exact) mass is 774 g/mol. The van der Waals surface area contributed by atoms with Crippen LogP contribution in [0.5, 0.6) is 0 Å². The average Bonchev–Trinajstić information content (AvgIpc) is 3.85. The van der Waals surface area contributed by atoms with Crippen LogP contribution in [0.15, 0.2) is 200 Å². The van der Waals surface area contributed by atoms with Gasteiger partial charge in [-0.25, -0.2) is 9.97 Å². The van der Waals surface area contributed by atoms with Gasteiger partial charge in [-0.05, 0) is 113 Å². The molecule has 0 atom stereocenters. The van der Waals surface area contributed by atoms with Crippen molar-refractivity contribution in [2.24, 2.45) is 0 Å². The fourth-order valence-corrected chi connectivity index (χ4v) is 8.94. The highest BCUT2D eigenvalue weighted by Crippen LogP contribution is 2.42. The maximum absolute atomic E-state index is 5.12. The Hall–Kier alpha value is -6.60. The summed E-state index contributed by atoms with van der Waals surface area (Å²) in [4.78, 5) is 15.8. The Labute approximate surface area is 343 Å². The number of nitrogens with zero attached hydrogens (tertiary/aromatic N) is 4. The molecule has 0 radical (unpaired) electrons. The lowest BCUT2D eigenvalue weighted by Gasteiger charge is -2.23. The van der Waals surface area contributed by atoms with Crippen molar-refractivity contribution < 1.29 is 0 Å². The van der Waals surface area contributed by atoms with E-state index in [1.807, 2.05) is 24.3 Å². The first-order chi connectivity index (χ1) is 28.0. The van der Waals surface area contributed by atoms with E-state index in [0.717, 1.165) is 76.9 Å². The molecule has 8 aromatic rings. The molecule has 0 bridgehead atoms. The van der Waals surface area contributed by atoms with E-state index < -0.39 is 0 Å². The third-order valence-corrected chi connectivity index (χ3v) is 11.9. The summed E-state index contributed by atoms with van der Waals surface area (Å²) in [7, 11) is 0. The molecule has 8 rings (SSSR count). The Kier molecular flexibility index (Phi) is 11.2. The van der Waals surface area contributed by atoms with Crippen LogP contribution in [0.3, 0.4) is 0 Å². The minimum atomic E-state index is 0.875. The first-order valence-electron chi connectivity index (χ1n) is 19.0. The molecule has 0 saturated heterocycles. The van der Waals surface area contributed by atoms with E-state index in [-0.39, 0.29) is 0 Å². The summed E-state index contributed by atoms with van der Waals surface area (Å²) < 4.78 is 1.16. The molecule has 0 amide bonds. The predicted molar refractivity (Wildman–Crippen MR) is 247 cm³/mol. The van der Waals surface area contributed by atoms with Gasteiger partial charge < -0.3 is 0 Å². The van der Waals surface area contributed by atoms with Gasteiger partial charge in [0.05, 0.1) is 20.8 Å². The van der Waals surface area contributed by atoms with E-state index in [9.17, 15) is 0 Å². The molecule has 2 aromatic heterocycles. The van der Waals surface area contributed by atoms with E-state index in [1.54, 1.807) is 28.7 Å². The molecule has 0 aliphatic rings. The lowest BCUT2D eigenvalue weighted by molar-refractivity contribution is 1.14. The molecule has 0 fully saturated rings. The Morgan fingerprint density at radius 2 is 1.09 bits per heavy atom. The van der Waals surface area contributed by atoms with Crippen LogP contribution in [0.2, 0.25) is 0 Å². The molecule has 4 nitrogen and oxygen atoms in total. The highest BCUT2D eigenvalue weighted by Gasteiger charge is 2.20. The van der Waals surface area contributed by atoms with Gasteiger partial charge in [-0.3, -0.25) is 9.80 Å². The van der Waals surface area contributed by atoms with Crippen LogP contribution in [0, 0.1) is 6.92 Å². The number of allylic oxidation sites excluding steroid dienone is 5. The van der Waals surface area contributed by atoms with Gasteiger partial charge in [-0.15, -0.1) is 0 Å². The summed E-state index contributed by atoms with van der Waals surface area (Å²) in [6.07, 6.45) is 8.81. The zero-order valence-electron chi connectivity index (χ0n) is 32.0. The first-order valence-corrected chi connectivity index (χ1v) is 20.7. The predicted octanol–water partition coefficient (Wildman–Crippen LogP) is 15.4. The highest BCUT2D eigenvalue weighted by molar-refractivity contribution is 7.22. The normalized spacial score (nSPS) is 11.6. The molecule has 0 spiro atoms. The molecule has 0 saturated carbocycles. The Morgan fingerprint density at radius 3 is 1.63 bits per heavy atom. The molecule has 0 aliphatic carbocycles. The number of benzene rings is 6. The third-order valence-electron chi connectivity index (χ3n) is 9.83. The van der Waals surface area contributed by atoms with Crippen molar-refractivity contribution in [2.45, 2.75) is 20.3 Å². The molecular weight excluding hydrogens is 733 g/mol. The van der Waals surface area contributed by atoms with Crippen LogP contribution in [0.1, 0.15) is 23.9 Å². The maximum Gasteiger partial charge on any atom is 0.195 e. The van der Waals surface area contributed by atoms with Gasteiger partial charge in [0.2, 0.25) is 0 Å². The minimum absolute atomic E-state index is 0.875. The van der Waals surface area contributed by atoms with Gasteiger partial charge in [0.1, 0.15) is 0 Å². The minimum Gasteiger partial charge on any atom is -0.286 e. The van der Waals surface area contributed by atoms with Gasteiger partial charge in [0, 0.05) is 22.7 Å². The molecular formula is C51H42N4S2. The van der Waals surface area contributed by atoms with Crippen LogP contribution in [0.25, 0.3) is 38.5 Å². The van der Waals surface area contributed by atoms with Gasteiger partial charge in [0.15, 0.2) is 10.3 Å². The number of rotatable bonds is 13. The van der Waals surface area contributed by atoms with Crippen molar-refractivity contribution >= 4 is 72.0 Å². The lowest BCUT2D eigenvalue weighted by Crippen LogP contribution is -2.09. The molecule has 0 unspecified atom stereocenters. The SMILES string of the molecule is C=C/C=C\C(=C)/C(=C/c1sc(N(c2ccccc2)c2ccc(-c3ccc(N(c4ccccc4)c4nc5ccc(-c6ccccc6)cc5s4)cc3)cc2)nc1C)CC. The van der Waals surface area contributed by atoms with Crippen molar-refractivity contribution in [3.8, 4) is 22.3 Å². The molecule has 6 heteroatoms. The molecule has 278 valence electrons. The number of fused-ring (bicyclic) bond motifs is 1. The average molecular weight is 775 g/mol. The van der Waals surface area contributed by atoms with Crippen molar-refractivity contribution in [2.75, 3.05) is 9.80 Å². The first kappa shape index (κ1) is 37.3. The quantitative estimate of drug-likeness (QED) is 0.109. The van der Waals surface area contributed by atoms with Gasteiger partial charge >= 0.3 is 0 Å². The summed E-state index contributed by atoms with van der Waals surface area (Å²) in [6, 6.07) is 55.5. The van der Waals surface area contributed by atoms with E-state index in [2.05, 4.69) is 188 Å². The van der Waals surface area contributed by atoms with E-state index in [4.69, 9.17) is 9.97 Å². The summed E-state index contributed by atoms with van der Waals surface area (Å²) in [6.45, 7) is 12.3. The van der Waals surface area contributed by atoms with Crippen molar-refractivity contribution in [3.63, 3.8) is 0 Å². The zero-order valence-corrected chi connectivity index (χ0v) is 33.7. The maximum atomic E-state index is 5.12. The fraction of sp³-hybridized carbons (Fsp3) is 0.0588. The second kappa shape index (κ2) is 17.0. The third kappa shape index (κ3) is 8.19. The topological polar surface area (TPSA) is 32.3 Å². The van der Waals surface area contributed by atoms with Gasteiger partial charge in [-0.1, -0.05) is 158 Å². The van der Waals surface area contributed by atoms with Crippen LogP contribution < -0.4 is 9.80 Å². The van der Waals surface area contributed by atoms with E-state index in [1.165, 1.54) is 16.7 Å². The van der Waals surface area contributed by atoms with Crippen LogP contribution in [-0.4, -0.2) is 9.97 Å². The van der Waals surface area contributed by atoms with Gasteiger partial charge in [0.25, 0.3) is 0 Å². The van der Waals surface area contributed by atoms with E-state index >= 15 is 0 Å². The Bertz CT molecular complexity index is 2690. The Balaban J connectivity index is 1.09. The summed E-state index contributed by atoms with van der Waals surface area (Å²) in [5.41, 5.74) is 13.0. The van der Waals surface area contributed by atoms with Crippen molar-refractivity contribution in [1.82, 2.24) is 9.97 Å². The number of hydrogen-bond donors (Lipinski definition) is 0. The fourth-order valence-electron chi connectivity index (χ4n) is 6.81. The zero-order chi connectivity index (χ0) is 39.1. The summed E-state index contributed by atoms with van der Waals surface area (Å²) in [5.74, 6) is 0. The van der Waals surface area contributed by atoms with Crippen molar-refractivity contribution in [3.05, 3.63) is 211 Å². The Morgan fingerprint density at radius 1 is 0.596 bits per heavy atom. The number of thiazole rings is 2. The largest absolute Gasteiger partial charge is 0.286 e.